The van der Waals surface area contributed by atoms with Gasteiger partial charge in [0.1, 0.15) is 0 Å². The predicted molar refractivity (Wildman–Crippen MR) is 285 cm³/mol. The molecule has 1 aliphatic carbocycles. The zero-order valence-electron chi connectivity index (χ0n) is 40.4. The Balaban J connectivity index is 1.77. The molecule has 1 fully saturated rings. The molecule has 0 spiro atoms. The molecule has 0 heterocycles. The van der Waals surface area contributed by atoms with Crippen molar-refractivity contribution in [2.24, 2.45) is 0 Å². The van der Waals surface area contributed by atoms with Crippen LogP contribution in [0.2, 0.25) is 36.3 Å². The van der Waals surface area contributed by atoms with Crippen LogP contribution in [-0.2, 0) is 0 Å². The van der Waals surface area contributed by atoms with E-state index in [0.29, 0.717) is 6.04 Å². The monoisotopic (exact) mass is 892 g/mol. The van der Waals surface area contributed by atoms with Gasteiger partial charge in [0.2, 0.25) is 0 Å². The Morgan fingerprint density at radius 2 is 0.754 bits per heavy atom. The van der Waals surface area contributed by atoms with Crippen molar-refractivity contribution in [3.05, 3.63) is 108 Å². The molecule has 0 radical (unpaired) electrons. The van der Waals surface area contributed by atoms with Crippen LogP contribution in [0.25, 0.3) is 0 Å². The van der Waals surface area contributed by atoms with Crippen LogP contribution < -0.4 is 31.6 Å². The summed E-state index contributed by atoms with van der Waals surface area (Å²) in [6.45, 7) is 19.2. The molecule has 4 aromatic carbocycles. The maximum atomic E-state index is 3.20. The first-order chi connectivity index (χ1) is 29.8. The third kappa shape index (κ3) is 13.1. The summed E-state index contributed by atoms with van der Waals surface area (Å²) in [5.74, 6) is 0. The minimum atomic E-state index is -1.63. The van der Waals surface area contributed by atoms with Crippen LogP contribution in [0, 0.1) is 13.8 Å². The van der Waals surface area contributed by atoms with E-state index in [-0.39, 0.29) is 0 Å². The minimum absolute atomic E-state index is 0.559. The Labute approximate surface area is 381 Å². The smallest absolute Gasteiger partial charge is 0.0867 e. The Morgan fingerprint density at radius 3 is 1.07 bits per heavy atom. The second-order valence-corrected chi connectivity index (χ2v) is 32.8. The average molecular weight is 892 g/mol. The van der Waals surface area contributed by atoms with Gasteiger partial charge < -0.3 is 0 Å². The zero-order valence-corrected chi connectivity index (χ0v) is 44.2. The summed E-state index contributed by atoms with van der Waals surface area (Å²) in [6, 6.07) is 49.7. The minimum Gasteiger partial charge on any atom is -0.242 e. The molecule has 1 saturated carbocycles. The molecule has 61 heavy (non-hydrogen) atoms. The Kier molecular flexibility index (Phi) is 21.5. The lowest BCUT2D eigenvalue weighted by Gasteiger charge is -2.46. The average Bonchev–Trinajstić information content (AvgIpc) is 3.30. The van der Waals surface area contributed by atoms with E-state index in [1.165, 1.54) is 157 Å². The molecular formula is C56H87NP2Si2. The topological polar surface area (TPSA) is 3.24 Å². The van der Waals surface area contributed by atoms with Gasteiger partial charge in [-0.3, -0.25) is 0 Å². The van der Waals surface area contributed by atoms with Gasteiger partial charge in [-0.15, -0.1) is 0 Å². The van der Waals surface area contributed by atoms with E-state index in [1.54, 1.807) is 31.6 Å². The van der Waals surface area contributed by atoms with Gasteiger partial charge in [-0.1, -0.05) is 282 Å². The van der Waals surface area contributed by atoms with E-state index < -0.39 is 32.3 Å². The maximum Gasteiger partial charge on any atom is 0.0867 e. The number of hydrogen-bond donors (Lipinski definition) is 0. The van der Waals surface area contributed by atoms with Crippen LogP contribution in [0.3, 0.4) is 0 Å². The number of rotatable bonds is 27. The fourth-order valence-electron chi connectivity index (χ4n) is 10.7. The highest BCUT2D eigenvalue weighted by Crippen LogP contribution is 2.58. The van der Waals surface area contributed by atoms with Crippen LogP contribution in [-0.4, -0.2) is 26.6 Å². The lowest BCUT2D eigenvalue weighted by Crippen LogP contribution is -2.48. The van der Waals surface area contributed by atoms with Crippen molar-refractivity contribution in [2.45, 2.75) is 207 Å². The van der Waals surface area contributed by atoms with Crippen LogP contribution >= 0.6 is 16.1 Å². The summed E-state index contributed by atoms with van der Waals surface area (Å²) in [4.78, 5) is 0. The first kappa shape index (κ1) is 50.1. The maximum absolute atomic E-state index is 3.20. The van der Waals surface area contributed by atoms with E-state index in [9.17, 15) is 0 Å². The van der Waals surface area contributed by atoms with Gasteiger partial charge in [-0.05, 0) is 59.0 Å². The van der Waals surface area contributed by atoms with Crippen molar-refractivity contribution < 1.29 is 0 Å². The summed E-state index contributed by atoms with van der Waals surface area (Å²) in [7, 11) is -4.88. The van der Waals surface area contributed by atoms with Crippen molar-refractivity contribution in [3.63, 3.8) is 0 Å². The van der Waals surface area contributed by atoms with Crippen molar-refractivity contribution in [1.29, 1.82) is 0 Å². The van der Waals surface area contributed by atoms with Gasteiger partial charge in [0.15, 0.2) is 0 Å². The van der Waals surface area contributed by atoms with Crippen LogP contribution in [0.4, 0.5) is 0 Å². The highest BCUT2D eigenvalue weighted by molar-refractivity contribution is 7.84. The van der Waals surface area contributed by atoms with Crippen molar-refractivity contribution in [2.75, 3.05) is 0 Å². The third-order valence-corrected chi connectivity index (χ3v) is 31.5. The second-order valence-electron chi connectivity index (χ2n) is 19.1. The second kappa shape index (κ2) is 26.2. The lowest BCUT2D eigenvalue weighted by atomic mass is 9.96. The van der Waals surface area contributed by atoms with Crippen molar-refractivity contribution in [1.82, 2.24) is 4.44 Å². The van der Waals surface area contributed by atoms with Crippen LogP contribution in [0.15, 0.2) is 97.1 Å². The summed E-state index contributed by atoms with van der Waals surface area (Å²) in [6.07, 6.45) is 22.8. The van der Waals surface area contributed by atoms with Gasteiger partial charge >= 0.3 is 0 Å². The molecule has 5 heteroatoms. The Morgan fingerprint density at radius 1 is 0.426 bits per heavy atom. The zero-order chi connectivity index (χ0) is 43.5. The van der Waals surface area contributed by atoms with Gasteiger partial charge in [0, 0.05) is 22.2 Å². The van der Waals surface area contributed by atoms with Crippen LogP contribution in [0.5, 0.6) is 0 Å². The summed E-state index contributed by atoms with van der Waals surface area (Å²) >= 11 is 0. The molecule has 0 amide bonds. The molecule has 0 aliphatic heterocycles. The largest absolute Gasteiger partial charge is 0.242 e. The van der Waals surface area contributed by atoms with Crippen molar-refractivity contribution in [3.8, 4) is 0 Å². The number of nitrogens with zero attached hydrogens (tertiary/aromatic N) is 1. The Hall–Kier alpha value is -1.87. The molecule has 0 bridgehead atoms. The standard InChI is InChI=1S/C56H87NP2Si2/c1-9-15-42-60(43-16-10-2,44-17-11-3)53-38-34-51(35-39-53)58(52-36-40-54(41-37-52)61(45-18-12-4,46-19-13-5)47-20-14-6)57(50-30-22-21-23-31-50)59(55-32-26-24-28-48(55)7)56-33-27-25-29-49(56)8/h24-29,32-41,50H,9-23,30-31,42-47H2,1-8H3. The Bertz CT molecular complexity index is 1650. The number of benzene rings is 4. The summed E-state index contributed by atoms with van der Waals surface area (Å²) in [5.41, 5.74) is 2.88. The van der Waals surface area contributed by atoms with E-state index in [4.69, 9.17) is 0 Å². The van der Waals surface area contributed by atoms with E-state index in [2.05, 4.69) is 157 Å². The quantitative estimate of drug-likeness (QED) is 0.0426. The fraction of sp³-hybridized carbons (Fsp3) is 0.571. The molecule has 0 aromatic heterocycles. The molecule has 0 N–H and O–H groups in total. The molecule has 0 saturated heterocycles. The molecule has 5 rings (SSSR count). The molecule has 1 aliphatic rings. The number of unbranched alkanes of at least 4 members (excludes halogenated alkanes) is 6. The van der Waals surface area contributed by atoms with E-state index in [0.717, 1.165) is 0 Å². The van der Waals surface area contributed by atoms with Gasteiger partial charge in [0.05, 0.1) is 16.1 Å². The van der Waals surface area contributed by atoms with E-state index >= 15 is 0 Å². The van der Waals surface area contributed by atoms with Crippen LogP contribution in [0.1, 0.15) is 162 Å². The van der Waals surface area contributed by atoms with Crippen molar-refractivity contribution >= 4 is 63.9 Å². The predicted octanol–water partition coefficient (Wildman–Crippen LogP) is 15.4. The number of aryl methyl sites for hydroxylation is 2. The number of hydrogen-bond acceptors (Lipinski definition) is 1. The molecule has 4 aromatic rings. The third-order valence-electron chi connectivity index (χ3n) is 14.5. The molecular weight excluding hydrogens is 805 g/mol. The summed E-state index contributed by atoms with van der Waals surface area (Å²) < 4.78 is 3.20. The first-order valence-corrected chi connectivity index (χ1v) is 33.4. The molecule has 1 nitrogen and oxygen atoms in total. The first-order valence-electron chi connectivity index (χ1n) is 25.5. The molecule has 0 unspecified atom stereocenters. The highest BCUT2D eigenvalue weighted by Gasteiger charge is 2.40. The normalized spacial score (nSPS) is 14.1. The van der Waals surface area contributed by atoms with Gasteiger partial charge in [-0.25, -0.2) is 4.44 Å². The van der Waals surface area contributed by atoms with Gasteiger partial charge in [0.25, 0.3) is 0 Å². The van der Waals surface area contributed by atoms with E-state index in [1.807, 2.05) is 0 Å². The highest BCUT2D eigenvalue weighted by atomic mass is 31.2. The molecule has 0 atom stereocenters. The fourth-order valence-corrected chi connectivity index (χ4v) is 28.5. The summed E-state index contributed by atoms with van der Waals surface area (Å²) in [5, 5.41) is 9.74. The lowest BCUT2D eigenvalue weighted by molar-refractivity contribution is 0.355. The van der Waals surface area contributed by atoms with Gasteiger partial charge in [-0.2, -0.15) is 0 Å². The SMILES string of the molecule is CCCC[Si](CCCC)(CCCC)c1ccc(P(c2ccc([Si](CCCC)(CCCC)CCCC)cc2)N(C2CCCCC2)P(c2ccccc2C)c2ccccc2C)cc1. The molecule has 334 valence electrons.